The zero-order chi connectivity index (χ0) is 21.0. The first-order chi connectivity index (χ1) is 13.9. The molecule has 0 fully saturated rings. The van der Waals surface area contributed by atoms with Gasteiger partial charge in [0.2, 0.25) is 5.91 Å². The van der Waals surface area contributed by atoms with E-state index in [4.69, 9.17) is 4.42 Å². The van der Waals surface area contributed by atoms with Crippen molar-refractivity contribution in [3.8, 4) is 11.4 Å². The highest BCUT2D eigenvalue weighted by atomic mass is 32.2. The molecule has 0 aliphatic rings. The van der Waals surface area contributed by atoms with Crippen LogP contribution in [-0.2, 0) is 11.3 Å². The van der Waals surface area contributed by atoms with Crippen LogP contribution in [0.4, 0.5) is 4.39 Å². The zero-order valence-corrected chi connectivity index (χ0v) is 17.4. The number of rotatable bonds is 8. The summed E-state index contributed by atoms with van der Waals surface area (Å²) < 4.78 is 20.4. The topological polar surface area (TPSA) is 73.0 Å². The third-order valence-electron chi connectivity index (χ3n) is 4.51. The number of carbonyl (C=O) groups excluding carboxylic acids is 1. The van der Waals surface area contributed by atoms with Crippen LogP contribution in [0.1, 0.15) is 31.2 Å². The molecule has 0 saturated carbocycles. The number of thioether (sulfide) groups is 1. The maximum atomic E-state index is 13.1. The highest BCUT2D eigenvalue weighted by Crippen LogP contribution is 2.29. The second kappa shape index (κ2) is 9.09. The number of hydrogen-bond donors (Lipinski definition) is 1. The lowest BCUT2D eigenvalue weighted by molar-refractivity contribution is -0.120. The Bertz CT molecular complexity index is 997. The average Bonchev–Trinajstić information content (AvgIpc) is 3.28. The van der Waals surface area contributed by atoms with Gasteiger partial charge in [0.1, 0.15) is 11.6 Å². The van der Waals surface area contributed by atoms with Crippen molar-refractivity contribution in [2.24, 2.45) is 0 Å². The molecular formula is C21H23FN4O2S. The number of hydrogen-bond acceptors (Lipinski definition) is 5. The molecule has 3 aromatic rings. The number of aryl methyl sites for hydroxylation is 1. The van der Waals surface area contributed by atoms with E-state index in [2.05, 4.69) is 22.1 Å². The molecule has 0 bridgehead atoms. The number of halogens is 1. The fourth-order valence-corrected chi connectivity index (χ4v) is 3.73. The summed E-state index contributed by atoms with van der Waals surface area (Å²) in [5.74, 6) is 0.978. The Morgan fingerprint density at radius 1 is 1.31 bits per heavy atom. The van der Waals surface area contributed by atoms with Crippen LogP contribution in [0.5, 0.6) is 0 Å². The van der Waals surface area contributed by atoms with Gasteiger partial charge >= 0.3 is 0 Å². The van der Waals surface area contributed by atoms with E-state index in [-0.39, 0.29) is 17.8 Å². The molecule has 2 aromatic heterocycles. The molecule has 0 saturated heterocycles. The van der Waals surface area contributed by atoms with Crippen molar-refractivity contribution in [1.29, 1.82) is 0 Å². The lowest BCUT2D eigenvalue weighted by atomic mass is 10.1. The van der Waals surface area contributed by atoms with Crippen LogP contribution in [0, 0.1) is 12.7 Å². The Kier molecular flexibility index (Phi) is 6.53. The molecule has 29 heavy (non-hydrogen) atoms. The van der Waals surface area contributed by atoms with Gasteiger partial charge in [0.05, 0.1) is 23.1 Å². The number of nitrogens with zero attached hydrogens (tertiary/aromatic N) is 3. The Balaban J connectivity index is 1.72. The molecule has 2 heterocycles. The first-order valence-corrected chi connectivity index (χ1v) is 10.1. The third-order valence-corrected chi connectivity index (χ3v) is 5.59. The molecule has 0 radical (unpaired) electrons. The van der Waals surface area contributed by atoms with E-state index in [1.165, 1.54) is 23.9 Å². The van der Waals surface area contributed by atoms with Crippen LogP contribution >= 0.6 is 11.8 Å². The van der Waals surface area contributed by atoms with Crippen molar-refractivity contribution in [1.82, 2.24) is 20.1 Å². The molecule has 2 unspecified atom stereocenters. The van der Waals surface area contributed by atoms with Crippen molar-refractivity contribution < 1.29 is 13.6 Å². The summed E-state index contributed by atoms with van der Waals surface area (Å²) in [6.07, 6.45) is 3.37. The molecule has 0 aliphatic heterocycles. The van der Waals surface area contributed by atoms with Crippen LogP contribution in [0.2, 0.25) is 0 Å². The Hall–Kier alpha value is -2.87. The van der Waals surface area contributed by atoms with Crippen LogP contribution in [0.25, 0.3) is 11.4 Å². The van der Waals surface area contributed by atoms with Gasteiger partial charge in [-0.25, -0.2) is 4.39 Å². The average molecular weight is 415 g/mol. The fraction of sp³-hybridized carbons (Fsp3) is 0.286. The Morgan fingerprint density at radius 2 is 2.03 bits per heavy atom. The van der Waals surface area contributed by atoms with Crippen molar-refractivity contribution in [2.75, 3.05) is 0 Å². The number of allylic oxidation sites excluding steroid dienone is 1. The minimum absolute atomic E-state index is 0.138. The lowest BCUT2D eigenvalue weighted by Crippen LogP contribution is -2.33. The Morgan fingerprint density at radius 3 is 2.66 bits per heavy atom. The zero-order valence-electron chi connectivity index (χ0n) is 16.6. The van der Waals surface area contributed by atoms with E-state index < -0.39 is 5.25 Å². The minimum atomic E-state index is -0.399. The molecule has 1 N–H and O–H groups in total. The molecule has 8 heteroatoms. The molecule has 0 aliphatic carbocycles. The van der Waals surface area contributed by atoms with Gasteiger partial charge in [0.25, 0.3) is 0 Å². The van der Waals surface area contributed by atoms with Crippen molar-refractivity contribution in [3.05, 3.63) is 66.4 Å². The van der Waals surface area contributed by atoms with Gasteiger partial charge in [-0.3, -0.25) is 9.36 Å². The molecule has 1 amide bonds. The predicted octanol–water partition coefficient (Wildman–Crippen LogP) is 4.53. The van der Waals surface area contributed by atoms with Gasteiger partial charge in [-0.15, -0.1) is 16.8 Å². The van der Waals surface area contributed by atoms with E-state index in [0.717, 1.165) is 16.9 Å². The fourth-order valence-electron chi connectivity index (χ4n) is 2.86. The van der Waals surface area contributed by atoms with Crippen molar-refractivity contribution in [2.45, 2.75) is 43.8 Å². The first kappa shape index (κ1) is 20.9. The minimum Gasteiger partial charge on any atom is -0.469 e. The first-order valence-electron chi connectivity index (χ1n) is 9.21. The van der Waals surface area contributed by atoms with E-state index in [1.54, 1.807) is 24.5 Å². The second-order valence-electron chi connectivity index (χ2n) is 6.64. The molecule has 152 valence electrons. The van der Waals surface area contributed by atoms with Crippen molar-refractivity contribution in [3.63, 3.8) is 0 Å². The normalized spacial score (nSPS) is 13.1. The van der Waals surface area contributed by atoms with Crippen LogP contribution in [0.3, 0.4) is 0 Å². The van der Waals surface area contributed by atoms with Gasteiger partial charge < -0.3 is 9.73 Å². The van der Waals surface area contributed by atoms with E-state index in [0.29, 0.717) is 17.5 Å². The molecule has 3 rings (SSSR count). The van der Waals surface area contributed by atoms with Gasteiger partial charge in [-0.05, 0) is 44.5 Å². The third kappa shape index (κ3) is 4.76. The van der Waals surface area contributed by atoms with Crippen LogP contribution in [-0.4, -0.2) is 25.9 Å². The molecule has 1 aromatic carbocycles. The number of carbonyl (C=O) groups is 1. The van der Waals surface area contributed by atoms with Crippen molar-refractivity contribution >= 4 is 17.7 Å². The highest BCUT2D eigenvalue weighted by molar-refractivity contribution is 8.00. The number of nitrogens with one attached hydrogen (secondary N) is 1. The SMILES string of the molecule is C=CCn1c(SC(C)C(=O)NC(C)c2ccc(F)cc2)nnc1-c1ccoc1C. The van der Waals surface area contributed by atoms with Gasteiger partial charge in [0, 0.05) is 6.54 Å². The van der Waals surface area contributed by atoms with E-state index in [9.17, 15) is 9.18 Å². The Labute approximate surface area is 173 Å². The summed E-state index contributed by atoms with van der Waals surface area (Å²) in [7, 11) is 0. The van der Waals surface area contributed by atoms with E-state index >= 15 is 0 Å². The largest absolute Gasteiger partial charge is 0.469 e. The van der Waals surface area contributed by atoms with Gasteiger partial charge in [-0.2, -0.15) is 0 Å². The molecule has 2 atom stereocenters. The summed E-state index contributed by atoms with van der Waals surface area (Å²) in [5, 5.41) is 11.7. The number of amides is 1. The monoisotopic (exact) mass is 414 g/mol. The standard InChI is InChI=1S/C21H23FN4O2S/c1-5-11-26-19(18-10-12-28-14(18)3)24-25-21(26)29-15(4)20(27)23-13(2)16-6-8-17(22)9-7-16/h5-10,12-13,15H,1,11H2,2-4H3,(H,23,27). The van der Waals surface area contributed by atoms with Crippen LogP contribution in [0.15, 0.2) is 58.8 Å². The summed E-state index contributed by atoms with van der Waals surface area (Å²) in [6, 6.07) is 7.70. The number of aromatic nitrogens is 3. The van der Waals surface area contributed by atoms with Crippen LogP contribution < -0.4 is 5.32 Å². The summed E-state index contributed by atoms with van der Waals surface area (Å²) in [6.45, 7) is 9.85. The second-order valence-corrected chi connectivity index (χ2v) is 7.95. The maximum Gasteiger partial charge on any atom is 0.233 e. The molecule has 6 nitrogen and oxygen atoms in total. The molecular weight excluding hydrogens is 391 g/mol. The molecule has 0 spiro atoms. The quantitative estimate of drug-likeness (QED) is 0.433. The smallest absolute Gasteiger partial charge is 0.233 e. The predicted molar refractivity (Wildman–Crippen MR) is 111 cm³/mol. The number of benzene rings is 1. The summed E-state index contributed by atoms with van der Waals surface area (Å²) in [4.78, 5) is 12.7. The van der Waals surface area contributed by atoms with E-state index in [1.807, 2.05) is 31.4 Å². The van der Waals surface area contributed by atoms with Gasteiger partial charge in [-0.1, -0.05) is 30.0 Å². The lowest BCUT2D eigenvalue weighted by Gasteiger charge is -2.18. The summed E-state index contributed by atoms with van der Waals surface area (Å²) in [5.41, 5.74) is 1.69. The summed E-state index contributed by atoms with van der Waals surface area (Å²) >= 11 is 1.32. The maximum absolute atomic E-state index is 13.1. The number of furan rings is 1. The highest BCUT2D eigenvalue weighted by Gasteiger charge is 2.23. The van der Waals surface area contributed by atoms with Gasteiger partial charge in [0.15, 0.2) is 11.0 Å².